The minimum atomic E-state index is -0.0913. The van der Waals surface area contributed by atoms with Gasteiger partial charge in [-0.2, -0.15) is 0 Å². The average Bonchev–Trinajstić information content (AvgIpc) is 2.85. The highest BCUT2D eigenvalue weighted by Crippen LogP contribution is 2.23. The molecule has 0 radical (unpaired) electrons. The highest BCUT2D eigenvalue weighted by molar-refractivity contribution is 5.94. The van der Waals surface area contributed by atoms with Gasteiger partial charge in [0, 0.05) is 37.8 Å². The van der Waals surface area contributed by atoms with Crippen LogP contribution < -0.4 is 5.32 Å². The Kier molecular flexibility index (Phi) is 7.59. The van der Waals surface area contributed by atoms with Crippen molar-refractivity contribution in [2.45, 2.75) is 51.1 Å². The summed E-state index contributed by atoms with van der Waals surface area (Å²) in [7, 11) is 0. The fraction of sp³-hybridized carbons (Fsp3) is 0.481. The lowest BCUT2D eigenvalue weighted by molar-refractivity contribution is -0.138. The molecule has 2 heterocycles. The predicted octanol–water partition coefficient (Wildman–Crippen LogP) is 3.75. The molecule has 0 spiro atoms. The van der Waals surface area contributed by atoms with E-state index in [0.29, 0.717) is 11.5 Å². The summed E-state index contributed by atoms with van der Waals surface area (Å²) in [5, 5.41) is 3.15. The summed E-state index contributed by atoms with van der Waals surface area (Å²) >= 11 is 0. The number of carbonyl (C=O) groups excluding carboxylic acids is 2. The van der Waals surface area contributed by atoms with Crippen molar-refractivity contribution < 1.29 is 9.59 Å². The summed E-state index contributed by atoms with van der Waals surface area (Å²) in [6, 6.07) is 20.1. The number of carbonyl (C=O) groups is 2. The minimum Gasteiger partial charge on any atom is -0.349 e. The Morgan fingerprint density at radius 2 is 1.47 bits per heavy atom. The van der Waals surface area contributed by atoms with Gasteiger partial charge in [-0.1, -0.05) is 48.5 Å². The quantitative estimate of drug-likeness (QED) is 0.755. The van der Waals surface area contributed by atoms with Crippen LogP contribution in [0.5, 0.6) is 0 Å². The molecule has 2 aliphatic rings. The van der Waals surface area contributed by atoms with E-state index in [0.717, 1.165) is 58.3 Å². The van der Waals surface area contributed by atoms with Gasteiger partial charge in [0.15, 0.2) is 0 Å². The second-order valence-electron chi connectivity index (χ2n) is 9.28. The zero-order chi connectivity index (χ0) is 22.3. The van der Waals surface area contributed by atoms with Crippen molar-refractivity contribution in [1.29, 1.82) is 0 Å². The number of benzene rings is 2. The smallest absolute Gasteiger partial charge is 0.251 e. The lowest BCUT2D eigenvalue weighted by Crippen LogP contribution is -2.53. The Morgan fingerprint density at radius 3 is 2.09 bits per heavy atom. The molecule has 0 aliphatic carbocycles. The third kappa shape index (κ3) is 5.77. The van der Waals surface area contributed by atoms with Crippen LogP contribution in [0.15, 0.2) is 60.7 Å². The molecule has 2 fully saturated rings. The van der Waals surface area contributed by atoms with E-state index in [1.165, 1.54) is 5.56 Å². The Bertz CT molecular complexity index is 870. The van der Waals surface area contributed by atoms with E-state index >= 15 is 0 Å². The first-order chi connectivity index (χ1) is 15.6. The van der Waals surface area contributed by atoms with E-state index in [2.05, 4.69) is 45.4 Å². The Balaban J connectivity index is 1.20. The number of nitrogens with zero attached hydrogens (tertiary/aromatic N) is 2. The third-order valence-electron chi connectivity index (χ3n) is 7.10. The molecule has 2 aliphatic heterocycles. The SMILES string of the molecule is CC(C(=O)N1CCC(Cc2ccccc2)CC1)N1CCC(NC(=O)c2ccccc2)CC1. The van der Waals surface area contributed by atoms with Crippen molar-refractivity contribution in [3.8, 4) is 0 Å². The van der Waals surface area contributed by atoms with E-state index in [9.17, 15) is 9.59 Å². The standard InChI is InChI=1S/C27H35N3O2/c1-21(27(32)30-16-12-23(13-17-30)20-22-8-4-2-5-9-22)29-18-14-25(15-19-29)28-26(31)24-10-6-3-7-11-24/h2-11,21,23,25H,12-20H2,1H3,(H,28,31). The normalized spacial score (nSPS) is 19.5. The molecule has 5 heteroatoms. The highest BCUT2D eigenvalue weighted by Gasteiger charge is 2.31. The van der Waals surface area contributed by atoms with Crippen molar-refractivity contribution in [3.63, 3.8) is 0 Å². The summed E-state index contributed by atoms with van der Waals surface area (Å²) < 4.78 is 0. The summed E-state index contributed by atoms with van der Waals surface area (Å²) in [4.78, 5) is 29.9. The lowest BCUT2D eigenvalue weighted by atomic mass is 9.90. The Morgan fingerprint density at radius 1 is 0.875 bits per heavy atom. The van der Waals surface area contributed by atoms with Crippen LogP contribution in [0.4, 0.5) is 0 Å². The van der Waals surface area contributed by atoms with Crippen LogP contribution in [0.2, 0.25) is 0 Å². The molecule has 2 saturated heterocycles. The van der Waals surface area contributed by atoms with E-state index in [4.69, 9.17) is 0 Å². The first kappa shape index (κ1) is 22.5. The second kappa shape index (κ2) is 10.8. The zero-order valence-electron chi connectivity index (χ0n) is 19.1. The Hall–Kier alpha value is -2.66. The lowest BCUT2D eigenvalue weighted by Gasteiger charge is -2.39. The van der Waals surface area contributed by atoms with Crippen LogP contribution >= 0.6 is 0 Å². The minimum absolute atomic E-state index is 0.00783. The number of rotatable bonds is 6. The van der Waals surface area contributed by atoms with Gasteiger partial charge in [-0.3, -0.25) is 14.5 Å². The average molecular weight is 434 g/mol. The molecule has 4 rings (SSSR count). The molecule has 0 saturated carbocycles. The molecule has 32 heavy (non-hydrogen) atoms. The first-order valence-electron chi connectivity index (χ1n) is 12.0. The maximum atomic E-state index is 13.1. The summed E-state index contributed by atoms with van der Waals surface area (Å²) in [5.41, 5.74) is 2.10. The molecule has 5 nitrogen and oxygen atoms in total. The topological polar surface area (TPSA) is 52.7 Å². The van der Waals surface area contributed by atoms with Gasteiger partial charge < -0.3 is 10.2 Å². The molecule has 0 bridgehead atoms. The fourth-order valence-electron chi connectivity index (χ4n) is 5.01. The van der Waals surface area contributed by atoms with Gasteiger partial charge in [0.25, 0.3) is 5.91 Å². The van der Waals surface area contributed by atoms with E-state index < -0.39 is 0 Å². The summed E-state index contributed by atoms with van der Waals surface area (Å²) in [6.45, 7) is 5.46. The van der Waals surface area contributed by atoms with Gasteiger partial charge in [-0.25, -0.2) is 0 Å². The summed E-state index contributed by atoms with van der Waals surface area (Å²) in [5.74, 6) is 0.919. The Labute approximate surface area is 191 Å². The molecule has 170 valence electrons. The number of amides is 2. The van der Waals surface area contributed by atoms with Crippen molar-refractivity contribution in [2.24, 2.45) is 5.92 Å². The van der Waals surface area contributed by atoms with E-state index in [1.54, 1.807) is 0 Å². The number of piperidine rings is 2. The summed E-state index contributed by atoms with van der Waals surface area (Å²) in [6.07, 6.45) is 5.05. The number of likely N-dealkylation sites (tertiary alicyclic amines) is 2. The molecule has 1 N–H and O–H groups in total. The van der Waals surface area contributed by atoms with Crippen LogP contribution in [0, 0.1) is 5.92 Å². The van der Waals surface area contributed by atoms with Gasteiger partial charge in [0.05, 0.1) is 6.04 Å². The molecule has 2 aromatic carbocycles. The first-order valence-corrected chi connectivity index (χ1v) is 12.0. The van der Waals surface area contributed by atoms with Crippen LogP contribution in [0.25, 0.3) is 0 Å². The van der Waals surface area contributed by atoms with Gasteiger partial charge in [0.2, 0.25) is 5.91 Å². The van der Waals surface area contributed by atoms with Crippen LogP contribution in [-0.4, -0.2) is 59.9 Å². The van der Waals surface area contributed by atoms with Crippen molar-refractivity contribution in [3.05, 3.63) is 71.8 Å². The van der Waals surface area contributed by atoms with Crippen molar-refractivity contribution in [1.82, 2.24) is 15.1 Å². The maximum Gasteiger partial charge on any atom is 0.251 e. The van der Waals surface area contributed by atoms with Crippen LogP contribution in [0.1, 0.15) is 48.5 Å². The van der Waals surface area contributed by atoms with Gasteiger partial charge in [-0.05, 0) is 62.6 Å². The fourth-order valence-corrected chi connectivity index (χ4v) is 5.01. The van der Waals surface area contributed by atoms with Gasteiger partial charge in [0.1, 0.15) is 0 Å². The van der Waals surface area contributed by atoms with Gasteiger partial charge >= 0.3 is 0 Å². The van der Waals surface area contributed by atoms with Gasteiger partial charge in [-0.15, -0.1) is 0 Å². The van der Waals surface area contributed by atoms with Crippen molar-refractivity contribution in [2.75, 3.05) is 26.2 Å². The van der Waals surface area contributed by atoms with E-state index in [1.807, 2.05) is 37.3 Å². The van der Waals surface area contributed by atoms with E-state index in [-0.39, 0.29) is 23.9 Å². The third-order valence-corrected chi connectivity index (χ3v) is 7.10. The van der Waals surface area contributed by atoms with Crippen LogP contribution in [0.3, 0.4) is 0 Å². The van der Waals surface area contributed by atoms with Crippen molar-refractivity contribution >= 4 is 11.8 Å². The molecule has 2 aromatic rings. The number of hydrogen-bond acceptors (Lipinski definition) is 3. The molecule has 0 aromatic heterocycles. The molecule has 1 atom stereocenters. The van der Waals surface area contributed by atoms with Crippen LogP contribution in [-0.2, 0) is 11.2 Å². The largest absolute Gasteiger partial charge is 0.349 e. The predicted molar refractivity (Wildman–Crippen MR) is 127 cm³/mol. The highest BCUT2D eigenvalue weighted by atomic mass is 16.2. The second-order valence-corrected chi connectivity index (χ2v) is 9.28. The monoisotopic (exact) mass is 433 g/mol. The zero-order valence-corrected chi connectivity index (χ0v) is 19.1. The molecular formula is C27H35N3O2. The molecule has 2 amide bonds. The number of nitrogens with one attached hydrogen (secondary N) is 1. The molecular weight excluding hydrogens is 398 g/mol. The molecule has 1 unspecified atom stereocenters. The number of hydrogen-bond donors (Lipinski definition) is 1. The maximum absolute atomic E-state index is 13.1.